The van der Waals surface area contributed by atoms with E-state index < -0.39 is 0 Å². The second kappa shape index (κ2) is 7.69. The number of hydrogen-bond donors (Lipinski definition) is 2. The van der Waals surface area contributed by atoms with Crippen molar-refractivity contribution in [2.45, 2.75) is 51.4 Å². The van der Waals surface area contributed by atoms with Gasteiger partial charge in [0, 0.05) is 13.0 Å². The number of carbonyl (C=O) groups is 1. The van der Waals surface area contributed by atoms with Crippen molar-refractivity contribution in [2.75, 3.05) is 13.1 Å². The first-order valence-electron chi connectivity index (χ1n) is 6.29. The molecule has 3 heteroatoms. The number of carbonyl (C=O) groups excluding carboxylic acids is 1. The highest BCUT2D eigenvalue weighted by Gasteiger charge is 2.15. The summed E-state index contributed by atoms with van der Waals surface area (Å²) in [5.41, 5.74) is 5.37. The van der Waals surface area contributed by atoms with Gasteiger partial charge in [-0.25, -0.2) is 0 Å². The molecule has 0 spiro atoms. The van der Waals surface area contributed by atoms with Crippen LogP contribution in [0.15, 0.2) is 0 Å². The lowest BCUT2D eigenvalue weighted by Crippen LogP contribution is -2.27. The number of nitrogens with one attached hydrogen (secondary N) is 1. The van der Waals surface area contributed by atoms with Crippen molar-refractivity contribution in [1.29, 1.82) is 0 Å². The second-order valence-corrected chi connectivity index (χ2v) is 4.55. The molecule has 0 aromatic rings. The van der Waals surface area contributed by atoms with Crippen molar-refractivity contribution in [3.63, 3.8) is 0 Å². The molecule has 0 aromatic carbocycles. The molecule has 1 fully saturated rings. The maximum Gasteiger partial charge on any atom is 0.220 e. The summed E-state index contributed by atoms with van der Waals surface area (Å²) >= 11 is 0. The summed E-state index contributed by atoms with van der Waals surface area (Å²) in [5.74, 6) is 0.848. The van der Waals surface area contributed by atoms with Crippen LogP contribution >= 0.6 is 0 Å². The Balaban J connectivity index is 2.12. The fourth-order valence-corrected chi connectivity index (χ4v) is 2.23. The van der Waals surface area contributed by atoms with Crippen molar-refractivity contribution < 1.29 is 4.79 Å². The van der Waals surface area contributed by atoms with Crippen LogP contribution in [0, 0.1) is 5.92 Å². The SMILES string of the molecule is NCCCNC(=O)CC1CCCCCC1. The van der Waals surface area contributed by atoms with E-state index in [2.05, 4.69) is 5.32 Å². The van der Waals surface area contributed by atoms with Gasteiger partial charge in [0.1, 0.15) is 0 Å². The van der Waals surface area contributed by atoms with E-state index in [0.717, 1.165) is 19.4 Å². The first-order valence-corrected chi connectivity index (χ1v) is 6.29. The topological polar surface area (TPSA) is 55.1 Å². The summed E-state index contributed by atoms with van der Waals surface area (Å²) in [6.45, 7) is 1.39. The molecule has 1 saturated carbocycles. The average molecular weight is 212 g/mol. The highest BCUT2D eigenvalue weighted by Crippen LogP contribution is 2.25. The Kier molecular flexibility index (Phi) is 6.41. The lowest BCUT2D eigenvalue weighted by atomic mass is 9.96. The molecule has 0 atom stereocenters. The molecular formula is C12H24N2O. The zero-order valence-electron chi connectivity index (χ0n) is 9.63. The summed E-state index contributed by atoms with van der Waals surface area (Å²) in [5, 5.41) is 2.93. The van der Waals surface area contributed by atoms with E-state index in [1.807, 2.05) is 0 Å². The zero-order valence-corrected chi connectivity index (χ0v) is 9.63. The molecule has 0 saturated heterocycles. The fraction of sp³-hybridized carbons (Fsp3) is 0.917. The number of hydrogen-bond acceptors (Lipinski definition) is 2. The first kappa shape index (κ1) is 12.5. The van der Waals surface area contributed by atoms with Gasteiger partial charge in [-0.15, -0.1) is 0 Å². The first-order chi connectivity index (χ1) is 7.33. The van der Waals surface area contributed by atoms with Crippen molar-refractivity contribution >= 4 is 5.91 Å². The molecule has 0 aliphatic heterocycles. The molecule has 3 nitrogen and oxygen atoms in total. The molecule has 0 aromatic heterocycles. The summed E-state index contributed by atoms with van der Waals surface area (Å²) in [7, 11) is 0. The monoisotopic (exact) mass is 212 g/mol. The summed E-state index contributed by atoms with van der Waals surface area (Å²) in [6, 6.07) is 0. The molecule has 88 valence electrons. The molecular weight excluding hydrogens is 188 g/mol. The van der Waals surface area contributed by atoms with Crippen molar-refractivity contribution in [2.24, 2.45) is 11.7 Å². The third kappa shape index (κ3) is 5.78. The second-order valence-electron chi connectivity index (χ2n) is 4.55. The molecule has 3 N–H and O–H groups in total. The Hall–Kier alpha value is -0.570. The van der Waals surface area contributed by atoms with Gasteiger partial charge < -0.3 is 11.1 Å². The van der Waals surface area contributed by atoms with Crippen LogP contribution in [0.1, 0.15) is 51.4 Å². The minimum atomic E-state index is 0.218. The average Bonchev–Trinajstić information content (AvgIpc) is 2.47. The van der Waals surface area contributed by atoms with Gasteiger partial charge in [0.05, 0.1) is 0 Å². The Morgan fingerprint density at radius 3 is 2.47 bits per heavy atom. The lowest BCUT2D eigenvalue weighted by Gasteiger charge is -2.13. The minimum absolute atomic E-state index is 0.218. The van der Waals surface area contributed by atoms with E-state index in [0.29, 0.717) is 12.5 Å². The predicted molar refractivity (Wildman–Crippen MR) is 62.5 cm³/mol. The number of rotatable bonds is 5. The molecule has 0 radical (unpaired) electrons. The van der Waals surface area contributed by atoms with E-state index in [-0.39, 0.29) is 5.91 Å². The molecule has 1 aliphatic carbocycles. The van der Waals surface area contributed by atoms with Crippen LogP contribution in [0.2, 0.25) is 0 Å². The van der Waals surface area contributed by atoms with Crippen LogP contribution in [-0.2, 0) is 4.79 Å². The molecule has 0 bridgehead atoms. The summed E-state index contributed by atoms with van der Waals surface area (Å²) in [6.07, 6.45) is 9.41. The van der Waals surface area contributed by atoms with Crippen molar-refractivity contribution in [3.05, 3.63) is 0 Å². The van der Waals surface area contributed by atoms with Gasteiger partial charge in [-0.2, -0.15) is 0 Å². The van der Waals surface area contributed by atoms with Crippen molar-refractivity contribution in [1.82, 2.24) is 5.32 Å². The highest BCUT2D eigenvalue weighted by molar-refractivity contribution is 5.76. The Bertz CT molecular complexity index is 174. The third-order valence-electron chi connectivity index (χ3n) is 3.15. The lowest BCUT2D eigenvalue weighted by molar-refractivity contribution is -0.122. The van der Waals surface area contributed by atoms with Crippen LogP contribution in [0.25, 0.3) is 0 Å². The maximum absolute atomic E-state index is 11.5. The van der Waals surface area contributed by atoms with E-state index in [4.69, 9.17) is 5.73 Å². The van der Waals surface area contributed by atoms with Crippen LogP contribution < -0.4 is 11.1 Å². The summed E-state index contributed by atoms with van der Waals surface area (Å²) < 4.78 is 0. The van der Waals surface area contributed by atoms with Crippen molar-refractivity contribution in [3.8, 4) is 0 Å². The molecule has 1 amide bonds. The van der Waals surface area contributed by atoms with Gasteiger partial charge in [0.15, 0.2) is 0 Å². The molecule has 0 unspecified atom stereocenters. The van der Waals surface area contributed by atoms with E-state index in [9.17, 15) is 4.79 Å². The zero-order chi connectivity index (χ0) is 10.9. The number of nitrogens with two attached hydrogens (primary N) is 1. The van der Waals surface area contributed by atoms with Gasteiger partial charge >= 0.3 is 0 Å². The Morgan fingerprint density at radius 1 is 1.20 bits per heavy atom. The van der Waals surface area contributed by atoms with Gasteiger partial charge in [-0.05, 0) is 31.7 Å². The predicted octanol–water partition coefficient (Wildman–Crippen LogP) is 1.81. The van der Waals surface area contributed by atoms with E-state index in [1.54, 1.807) is 0 Å². The third-order valence-corrected chi connectivity index (χ3v) is 3.15. The van der Waals surface area contributed by atoms with Crippen LogP contribution in [0.3, 0.4) is 0 Å². The highest BCUT2D eigenvalue weighted by atomic mass is 16.1. The Morgan fingerprint density at radius 2 is 1.87 bits per heavy atom. The summed E-state index contributed by atoms with van der Waals surface area (Å²) in [4.78, 5) is 11.5. The standard InChI is InChI=1S/C12H24N2O/c13-8-5-9-14-12(15)10-11-6-3-1-2-4-7-11/h11H,1-10,13H2,(H,14,15). The largest absolute Gasteiger partial charge is 0.356 e. The van der Waals surface area contributed by atoms with Crippen LogP contribution in [0.5, 0.6) is 0 Å². The van der Waals surface area contributed by atoms with Gasteiger partial charge in [-0.3, -0.25) is 4.79 Å². The quantitative estimate of drug-likeness (QED) is 0.539. The molecule has 0 heterocycles. The van der Waals surface area contributed by atoms with Gasteiger partial charge in [0.2, 0.25) is 5.91 Å². The molecule has 15 heavy (non-hydrogen) atoms. The Labute approximate surface area is 92.8 Å². The van der Waals surface area contributed by atoms with E-state index >= 15 is 0 Å². The molecule has 1 rings (SSSR count). The number of amides is 1. The van der Waals surface area contributed by atoms with Gasteiger partial charge in [0.25, 0.3) is 0 Å². The molecule has 1 aliphatic rings. The normalized spacial score (nSPS) is 18.5. The maximum atomic E-state index is 11.5. The minimum Gasteiger partial charge on any atom is -0.356 e. The van der Waals surface area contributed by atoms with Gasteiger partial charge in [-0.1, -0.05) is 25.7 Å². The van der Waals surface area contributed by atoms with Crippen LogP contribution in [0.4, 0.5) is 0 Å². The smallest absolute Gasteiger partial charge is 0.220 e. The van der Waals surface area contributed by atoms with Crippen LogP contribution in [-0.4, -0.2) is 19.0 Å². The van der Waals surface area contributed by atoms with E-state index in [1.165, 1.54) is 38.5 Å². The fourth-order valence-electron chi connectivity index (χ4n) is 2.23.